The molecule has 1 aromatic heterocycles. The van der Waals surface area contributed by atoms with Crippen LogP contribution in [0.3, 0.4) is 0 Å². The Hall–Kier alpha value is -2.67. The number of nitrogens with zero attached hydrogens (tertiary/aromatic N) is 1. The fraction of sp³-hybridized carbons (Fsp3) is 0.316. The van der Waals surface area contributed by atoms with Gasteiger partial charge in [-0.3, -0.25) is 9.59 Å². The summed E-state index contributed by atoms with van der Waals surface area (Å²) in [7, 11) is 1.67. The van der Waals surface area contributed by atoms with Gasteiger partial charge in [-0.2, -0.15) is 0 Å². The molecule has 0 fully saturated rings. The van der Waals surface area contributed by atoms with Crippen molar-refractivity contribution in [3.63, 3.8) is 0 Å². The largest absolute Gasteiger partial charge is 0.478 e. The van der Waals surface area contributed by atoms with Gasteiger partial charge in [-0.05, 0) is 35.1 Å². The van der Waals surface area contributed by atoms with Gasteiger partial charge in [-0.1, -0.05) is 32.0 Å². The highest BCUT2D eigenvalue weighted by molar-refractivity contribution is 7.12. The maximum absolute atomic E-state index is 12.8. The third kappa shape index (κ3) is 4.92. The molecule has 0 aliphatic heterocycles. The summed E-state index contributed by atoms with van der Waals surface area (Å²) in [6.07, 6.45) is 0. The Morgan fingerprint density at radius 2 is 1.81 bits per heavy atom. The molecule has 7 heteroatoms. The van der Waals surface area contributed by atoms with Crippen molar-refractivity contribution in [2.45, 2.75) is 26.4 Å². The van der Waals surface area contributed by atoms with Crippen LogP contribution < -0.4 is 5.32 Å². The predicted molar refractivity (Wildman–Crippen MR) is 100 cm³/mol. The maximum atomic E-state index is 12.8. The number of carboxylic acid groups (broad SMARTS) is 1. The number of amides is 2. The monoisotopic (exact) mass is 374 g/mol. The Morgan fingerprint density at radius 3 is 2.31 bits per heavy atom. The number of carbonyl (C=O) groups is 3. The van der Waals surface area contributed by atoms with Crippen molar-refractivity contribution in [2.24, 2.45) is 5.92 Å². The molecule has 138 valence electrons. The molecule has 6 nitrogen and oxygen atoms in total. The molecule has 0 bridgehead atoms. The van der Waals surface area contributed by atoms with Gasteiger partial charge in [0.15, 0.2) is 0 Å². The number of aromatic carboxylic acids is 1. The standard InChI is InChI=1S/C19H22N2O4S/c1-12(2)16(20-17(22)15-5-4-10-26-15)18(23)21(3)11-13-6-8-14(9-7-13)19(24)25/h4-10,12,16H,11H2,1-3H3,(H,20,22)(H,24,25). The lowest BCUT2D eigenvalue weighted by atomic mass is 10.0. The van der Waals surface area contributed by atoms with Crippen molar-refractivity contribution in [1.29, 1.82) is 0 Å². The number of hydrogen-bond donors (Lipinski definition) is 2. The van der Waals surface area contributed by atoms with Crippen LogP contribution in [-0.2, 0) is 11.3 Å². The van der Waals surface area contributed by atoms with Crippen molar-refractivity contribution in [1.82, 2.24) is 10.2 Å². The molecule has 0 aliphatic rings. The molecule has 1 aromatic carbocycles. The molecule has 2 N–H and O–H groups in total. The topological polar surface area (TPSA) is 86.7 Å². The van der Waals surface area contributed by atoms with Crippen LogP contribution in [-0.4, -0.2) is 40.9 Å². The van der Waals surface area contributed by atoms with Crippen molar-refractivity contribution < 1.29 is 19.5 Å². The minimum Gasteiger partial charge on any atom is -0.478 e. The lowest BCUT2D eigenvalue weighted by Gasteiger charge is -2.27. The summed E-state index contributed by atoms with van der Waals surface area (Å²) in [5.74, 6) is -1.50. The number of likely N-dealkylation sites (N-methyl/N-ethyl adjacent to an activating group) is 1. The highest BCUT2D eigenvalue weighted by Crippen LogP contribution is 2.13. The predicted octanol–water partition coefficient (Wildman–Crippen LogP) is 2.86. The summed E-state index contributed by atoms with van der Waals surface area (Å²) in [6.45, 7) is 4.09. The molecule has 1 unspecified atom stereocenters. The minimum atomic E-state index is -0.989. The molecular formula is C19H22N2O4S. The molecular weight excluding hydrogens is 352 g/mol. The van der Waals surface area contributed by atoms with E-state index in [4.69, 9.17) is 5.11 Å². The molecule has 2 amide bonds. The zero-order valence-corrected chi connectivity index (χ0v) is 15.7. The first-order valence-corrected chi connectivity index (χ1v) is 9.09. The Morgan fingerprint density at radius 1 is 1.15 bits per heavy atom. The first-order valence-electron chi connectivity index (χ1n) is 8.21. The van der Waals surface area contributed by atoms with E-state index in [9.17, 15) is 14.4 Å². The average molecular weight is 374 g/mol. The quantitative estimate of drug-likeness (QED) is 0.780. The Labute approximate surface area is 156 Å². The van der Waals surface area contributed by atoms with E-state index < -0.39 is 12.0 Å². The zero-order chi connectivity index (χ0) is 19.3. The fourth-order valence-corrected chi connectivity index (χ4v) is 3.10. The first-order chi connectivity index (χ1) is 12.3. The Kier molecular flexibility index (Phi) is 6.52. The van der Waals surface area contributed by atoms with Crippen LogP contribution in [0.15, 0.2) is 41.8 Å². The van der Waals surface area contributed by atoms with E-state index in [0.29, 0.717) is 11.4 Å². The molecule has 0 spiro atoms. The van der Waals surface area contributed by atoms with Gasteiger partial charge < -0.3 is 15.3 Å². The molecule has 1 atom stereocenters. The lowest BCUT2D eigenvalue weighted by Crippen LogP contribution is -2.49. The van der Waals surface area contributed by atoms with E-state index in [2.05, 4.69) is 5.32 Å². The van der Waals surface area contributed by atoms with E-state index in [1.165, 1.54) is 28.4 Å². The second kappa shape index (κ2) is 8.62. The van der Waals surface area contributed by atoms with Crippen LogP contribution in [0.25, 0.3) is 0 Å². The van der Waals surface area contributed by atoms with Gasteiger partial charge in [0.2, 0.25) is 5.91 Å². The number of thiophene rings is 1. The van der Waals surface area contributed by atoms with Gasteiger partial charge in [0.1, 0.15) is 6.04 Å². The SMILES string of the molecule is CC(C)C(NC(=O)c1cccs1)C(=O)N(C)Cc1ccc(C(=O)O)cc1. The molecule has 0 saturated carbocycles. The van der Waals surface area contributed by atoms with E-state index >= 15 is 0 Å². The van der Waals surface area contributed by atoms with E-state index in [0.717, 1.165) is 5.56 Å². The van der Waals surface area contributed by atoms with Crippen LogP contribution >= 0.6 is 11.3 Å². The van der Waals surface area contributed by atoms with E-state index in [1.807, 2.05) is 19.2 Å². The van der Waals surface area contributed by atoms with Crippen LogP contribution in [0.5, 0.6) is 0 Å². The highest BCUT2D eigenvalue weighted by atomic mass is 32.1. The van der Waals surface area contributed by atoms with Gasteiger partial charge in [-0.15, -0.1) is 11.3 Å². The minimum absolute atomic E-state index is 0.0664. The molecule has 2 aromatic rings. The van der Waals surface area contributed by atoms with Crippen LogP contribution in [0, 0.1) is 5.92 Å². The van der Waals surface area contributed by atoms with Gasteiger partial charge in [-0.25, -0.2) is 4.79 Å². The lowest BCUT2D eigenvalue weighted by molar-refractivity contribution is -0.133. The number of rotatable bonds is 7. The van der Waals surface area contributed by atoms with E-state index in [-0.39, 0.29) is 23.3 Å². The number of hydrogen-bond acceptors (Lipinski definition) is 4. The molecule has 0 radical (unpaired) electrons. The van der Waals surface area contributed by atoms with Crippen LogP contribution in [0.4, 0.5) is 0 Å². The van der Waals surface area contributed by atoms with Crippen molar-refractivity contribution >= 4 is 29.1 Å². The van der Waals surface area contributed by atoms with Crippen molar-refractivity contribution in [3.8, 4) is 0 Å². The third-order valence-electron chi connectivity index (χ3n) is 3.96. The Bertz CT molecular complexity index is 769. The third-order valence-corrected chi connectivity index (χ3v) is 4.83. The second-order valence-electron chi connectivity index (χ2n) is 6.37. The van der Waals surface area contributed by atoms with Crippen molar-refractivity contribution in [3.05, 3.63) is 57.8 Å². The summed E-state index contributed by atoms with van der Waals surface area (Å²) >= 11 is 1.33. The fourth-order valence-electron chi connectivity index (χ4n) is 2.48. The maximum Gasteiger partial charge on any atom is 0.335 e. The molecule has 1 heterocycles. The molecule has 0 saturated heterocycles. The summed E-state index contributed by atoms with van der Waals surface area (Å²) in [4.78, 5) is 38.1. The van der Waals surface area contributed by atoms with Crippen LogP contribution in [0.2, 0.25) is 0 Å². The smallest absolute Gasteiger partial charge is 0.335 e. The highest BCUT2D eigenvalue weighted by Gasteiger charge is 2.27. The van der Waals surface area contributed by atoms with E-state index in [1.54, 1.807) is 31.3 Å². The average Bonchev–Trinajstić information content (AvgIpc) is 3.13. The first kappa shape index (κ1) is 19.7. The normalized spacial score (nSPS) is 11.8. The number of benzene rings is 1. The zero-order valence-electron chi connectivity index (χ0n) is 14.9. The number of carbonyl (C=O) groups excluding carboxylic acids is 2. The van der Waals surface area contributed by atoms with Crippen LogP contribution in [0.1, 0.15) is 39.4 Å². The molecule has 0 aliphatic carbocycles. The number of carboxylic acids is 1. The molecule has 2 rings (SSSR count). The summed E-state index contributed by atoms with van der Waals surface area (Å²) in [5, 5.41) is 13.6. The van der Waals surface area contributed by atoms with Crippen molar-refractivity contribution in [2.75, 3.05) is 7.05 Å². The summed E-state index contributed by atoms with van der Waals surface area (Å²) in [6, 6.07) is 9.26. The Balaban J connectivity index is 2.05. The van der Waals surface area contributed by atoms with Gasteiger partial charge >= 0.3 is 5.97 Å². The summed E-state index contributed by atoms with van der Waals surface area (Å²) in [5.41, 5.74) is 1.02. The summed E-state index contributed by atoms with van der Waals surface area (Å²) < 4.78 is 0. The van der Waals surface area contributed by atoms with Gasteiger partial charge in [0, 0.05) is 13.6 Å². The number of nitrogens with one attached hydrogen (secondary N) is 1. The van der Waals surface area contributed by atoms with Gasteiger partial charge in [0.05, 0.1) is 10.4 Å². The molecule has 26 heavy (non-hydrogen) atoms. The van der Waals surface area contributed by atoms with Gasteiger partial charge in [0.25, 0.3) is 5.91 Å². The second-order valence-corrected chi connectivity index (χ2v) is 7.32.